The molecule has 0 radical (unpaired) electrons. The smallest absolute Gasteiger partial charge is 0.411 e. The van der Waals surface area contributed by atoms with E-state index in [1.54, 1.807) is 6.92 Å². The predicted octanol–water partition coefficient (Wildman–Crippen LogP) is 5.39. The number of hydrogen-bond donors (Lipinski definition) is 2. The third kappa shape index (κ3) is 3.86. The third-order valence-electron chi connectivity index (χ3n) is 6.33. The largest absolute Gasteiger partial charge is 0.481 e. The molecule has 0 bridgehead atoms. The fourth-order valence-corrected chi connectivity index (χ4v) is 3.89. The molecule has 2 N–H and O–H groups in total. The standard InChI is InChI=1S/C25H24N2O5/c1-15-21(26-24(30)31-14-16-2-3-16)22(27-32-15)19-6-4-17(5-7-19)18-8-10-20(11-9-18)25(12-13-25)23(28)29/h4-11,16H,2-3,12-14H2,1H3,(H,26,30)(H,28,29). The van der Waals surface area contributed by atoms with Crippen molar-refractivity contribution >= 4 is 17.7 Å². The molecule has 2 aliphatic carbocycles. The van der Waals surface area contributed by atoms with Gasteiger partial charge in [0.1, 0.15) is 11.4 Å². The molecule has 0 aliphatic heterocycles. The Balaban J connectivity index is 1.32. The number of benzene rings is 2. The number of nitrogens with one attached hydrogen (secondary N) is 1. The first kappa shape index (κ1) is 20.3. The van der Waals surface area contributed by atoms with Crippen molar-refractivity contribution in [1.29, 1.82) is 0 Å². The van der Waals surface area contributed by atoms with Crippen LogP contribution in [0.4, 0.5) is 10.5 Å². The van der Waals surface area contributed by atoms with Crippen molar-refractivity contribution in [1.82, 2.24) is 5.16 Å². The molecule has 0 unspecified atom stereocenters. The number of carbonyl (C=O) groups is 2. The van der Waals surface area contributed by atoms with Gasteiger partial charge in [0, 0.05) is 5.56 Å². The Hall–Kier alpha value is -3.61. The van der Waals surface area contributed by atoms with E-state index in [0.29, 0.717) is 42.5 Å². The molecule has 1 heterocycles. The second kappa shape index (κ2) is 7.82. The zero-order valence-corrected chi connectivity index (χ0v) is 17.8. The normalized spacial score (nSPS) is 16.4. The van der Waals surface area contributed by atoms with E-state index in [1.165, 1.54) is 0 Å². The minimum atomic E-state index is -0.752. The van der Waals surface area contributed by atoms with Crippen LogP contribution in [0.5, 0.6) is 0 Å². The number of hydrogen-bond acceptors (Lipinski definition) is 5. The third-order valence-corrected chi connectivity index (χ3v) is 6.33. The van der Waals surface area contributed by atoms with Gasteiger partial charge in [0.05, 0.1) is 12.0 Å². The van der Waals surface area contributed by atoms with Crippen molar-refractivity contribution in [2.75, 3.05) is 11.9 Å². The molecular weight excluding hydrogens is 408 g/mol. The number of carboxylic acid groups (broad SMARTS) is 1. The van der Waals surface area contributed by atoms with Crippen molar-refractivity contribution in [3.8, 4) is 22.4 Å². The zero-order valence-electron chi connectivity index (χ0n) is 17.8. The summed E-state index contributed by atoms with van der Waals surface area (Å²) in [5.74, 6) is 0.248. The Kier molecular flexibility index (Phi) is 4.96. The Labute approximate surface area is 185 Å². The van der Waals surface area contributed by atoms with Gasteiger partial charge in [-0.1, -0.05) is 53.7 Å². The van der Waals surface area contributed by atoms with Gasteiger partial charge in [-0.25, -0.2) is 4.79 Å². The molecule has 1 amide bonds. The van der Waals surface area contributed by atoms with Crippen LogP contribution >= 0.6 is 0 Å². The summed E-state index contributed by atoms with van der Waals surface area (Å²) >= 11 is 0. The fourth-order valence-electron chi connectivity index (χ4n) is 3.89. The minimum absolute atomic E-state index is 0.437. The quantitative estimate of drug-likeness (QED) is 0.519. The Morgan fingerprint density at radius 3 is 2.22 bits per heavy atom. The summed E-state index contributed by atoms with van der Waals surface area (Å²) in [6, 6.07) is 15.5. The lowest BCUT2D eigenvalue weighted by molar-refractivity contribution is -0.140. The minimum Gasteiger partial charge on any atom is -0.481 e. The number of amides is 1. The molecule has 2 aliphatic rings. The molecule has 0 spiro atoms. The number of carbonyl (C=O) groups excluding carboxylic acids is 1. The van der Waals surface area contributed by atoms with E-state index in [1.807, 2.05) is 48.5 Å². The van der Waals surface area contributed by atoms with Crippen LogP contribution in [0.2, 0.25) is 0 Å². The lowest BCUT2D eigenvalue weighted by atomic mass is 9.93. The highest BCUT2D eigenvalue weighted by molar-refractivity contribution is 5.91. The highest BCUT2D eigenvalue weighted by Gasteiger charge is 2.51. The summed E-state index contributed by atoms with van der Waals surface area (Å²) in [5.41, 5.74) is 4.02. The first-order valence-corrected chi connectivity index (χ1v) is 10.8. The SMILES string of the molecule is Cc1onc(-c2ccc(-c3ccc(C4(C(=O)O)CC4)cc3)cc2)c1NC(=O)OCC1CC1. The summed E-state index contributed by atoms with van der Waals surface area (Å²) in [4.78, 5) is 23.7. The average Bonchev–Trinajstić information content (AvgIpc) is 3.72. The summed E-state index contributed by atoms with van der Waals surface area (Å²) in [7, 11) is 0. The number of aryl methyl sites for hydroxylation is 1. The molecule has 0 atom stereocenters. The number of anilines is 1. The number of aliphatic carboxylic acids is 1. The van der Waals surface area contributed by atoms with Gasteiger partial charge in [-0.05, 0) is 55.2 Å². The summed E-state index contributed by atoms with van der Waals surface area (Å²) in [6.07, 6.45) is 3.10. The first-order chi connectivity index (χ1) is 15.5. The van der Waals surface area contributed by atoms with E-state index < -0.39 is 17.5 Å². The van der Waals surface area contributed by atoms with Gasteiger partial charge in [0.2, 0.25) is 0 Å². The fraction of sp³-hybridized carbons (Fsp3) is 0.320. The van der Waals surface area contributed by atoms with Gasteiger partial charge in [-0.3, -0.25) is 10.1 Å². The van der Waals surface area contributed by atoms with Crippen molar-refractivity contribution in [3.63, 3.8) is 0 Å². The maximum absolute atomic E-state index is 12.1. The van der Waals surface area contributed by atoms with E-state index in [4.69, 9.17) is 9.26 Å². The number of aromatic nitrogens is 1. The molecule has 3 aromatic rings. The molecule has 2 fully saturated rings. The summed E-state index contributed by atoms with van der Waals surface area (Å²) in [5, 5.41) is 16.3. The van der Waals surface area contributed by atoms with Gasteiger partial charge >= 0.3 is 12.1 Å². The number of rotatable bonds is 7. The topological polar surface area (TPSA) is 102 Å². The van der Waals surface area contributed by atoms with Crippen LogP contribution in [0.3, 0.4) is 0 Å². The van der Waals surface area contributed by atoms with E-state index in [0.717, 1.165) is 35.1 Å². The second-order valence-corrected chi connectivity index (χ2v) is 8.67. The van der Waals surface area contributed by atoms with Crippen LogP contribution in [0.1, 0.15) is 37.0 Å². The van der Waals surface area contributed by atoms with E-state index in [-0.39, 0.29) is 0 Å². The maximum atomic E-state index is 12.1. The molecule has 164 valence electrons. The summed E-state index contributed by atoms with van der Waals surface area (Å²) in [6.45, 7) is 2.18. The van der Waals surface area contributed by atoms with Gasteiger partial charge in [-0.15, -0.1) is 0 Å². The second-order valence-electron chi connectivity index (χ2n) is 8.67. The van der Waals surface area contributed by atoms with Gasteiger partial charge in [-0.2, -0.15) is 0 Å². The Morgan fingerprint density at radius 1 is 1.06 bits per heavy atom. The van der Waals surface area contributed by atoms with Crippen LogP contribution in [0.25, 0.3) is 22.4 Å². The highest BCUT2D eigenvalue weighted by atomic mass is 16.5. The predicted molar refractivity (Wildman–Crippen MR) is 118 cm³/mol. The zero-order chi connectivity index (χ0) is 22.3. The summed E-state index contributed by atoms with van der Waals surface area (Å²) < 4.78 is 10.6. The molecular formula is C25H24N2O5. The van der Waals surface area contributed by atoms with Gasteiger partial charge in [0.25, 0.3) is 0 Å². The maximum Gasteiger partial charge on any atom is 0.411 e. The number of carboxylic acids is 1. The molecule has 2 saturated carbocycles. The van der Waals surface area contributed by atoms with Crippen LogP contribution in [-0.2, 0) is 14.9 Å². The number of nitrogens with zero attached hydrogens (tertiary/aromatic N) is 1. The lowest BCUT2D eigenvalue weighted by Crippen LogP contribution is -2.19. The molecule has 0 saturated heterocycles. The Morgan fingerprint density at radius 2 is 1.66 bits per heavy atom. The van der Waals surface area contributed by atoms with Gasteiger partial charge < -0.3 is 14.4 Å². The molecule has 1 aromatic heterocycles. The van der Waals surface area contributed by atoms with Crippen LogP contribution in [0, 0.1) is 12.8 Å². The van der Waals surface area contributed by atoms with Crippen molar-refractivity contribution in [2.45, 2.75) is 38.0 Å². The average molecular weight is 432 g/mol. The van der Waals surface area contributed by atoms with Gasteiger partial charge in [0.15, 0.2) is 5.76 Å². The van der Waals surface area contributed by atoms with E-state index in [2.05, 4.69) is 10.5 Å². The van der Waals surface area contributed by atoms with Crippen LogP contribution < -0.4 is 5.32 Å². The van der Waals surface area contributed by atoms with Crippen molar-refractivity contribution in [2.24, 2.45) is 5.92 Å². The van der Waals surface area contributed by atoms with E-state index in [9.17, 15) is 14.7 Å². The lowest BCUT2D eigenvalue weighted by Gasteiger charge is -2.11. The molecule has 32 heavy (non-hydrogen) atoms. The van der Waals surface area contributed by atoms with Crippen LogP contribution in [-0.4, -0.2) is 28.9 Å². The van der Waals surface area contributed by atoms with Crippen LogP contribution in [0.15, 0.2) is 53.1 Å². The highest BCUT2D eigenvalue weighted by Crippen LogP contribution is 2.48. The molecule has 7 heteroatoms. The monoisotopic (exact) mass is 432 g/mol. The molecule has 5 rings (SSSR count). The van der Waals surface area contributed by atoms with E-state index >= 15 is 0 Å². The van der Waals surface area contributed by atoms with Crippen molar-refractivity contribution in [3.05, 3.63) is 59.9 Å². The molecule has 2 aromatic carbocycles. The number of ether oxygens (including phenoxy) is 1. The molecule has 7 nitrogen and oxygen atoms in total. The first-order valence-electron chi connectivity index (χ1n) is 10.8. The Bertz CT molecular complexity index is 1160. The van der Waals surface area contributed by atoms with Crippen molar-refractivity contribution < 1.29 is 24.0 Å².